The highest BCUT2D eigenvalue weighted by atomic mass is 32.2. The van der Waals surface area contributed by atoms with Gasteiger partial charge in [0.1, 0.15) is 36.4 Å². The van der Waals surface area contributed by atoms with E-state index in [2.05, 4.69) is 25.3 Å². The van der Waals surface area contributed by atoms with Gasteiger partial charge in [0.05, 0.1) is 11.4 Å². The van der Waals surface area contributed by atoms with Crippen molar-refractivity contribution in [1.29, 1.82) is 0 Å². The average Bonchev–Trinajstić information content (AvgIpc) is 3.26. The lowest BCUT2D eigenvalue weighted by Crippen LogP contribution is -2.38. The molecule has 0 fully saturated rings. The van der Waals surface area contributed by atoms with Gasteiger partial charge in [-0.05, 0) is 98.1 Å². The molecule has 0 radical (unpaired) electrons. The number of esters is 1. The molecule has 0 spiro atoms. The third kappa shape index (κ3) is 13.3. The van der Waals surface area contributed by atoms with Gasteiger partial charge < -0.3 is 19.5 Å². The standard InChI is InChI=1S/C30H31N3O3.C18H16N2O3S/c1-30(2,3)36-28(34)27(20-22-10-6-4-7-11-22)33-29-31-19-18-26(32-29)24-14-16-25(17-15-24)35-21-23-12-8-5-9-13-23;1-24(21,22)18-19-12-11-17(20-18)15-7-9-16(10-8-15)23-13-14-5-3-2-4-6-14/h4-19,27H,20-21H2,1-3H3,(H,31,32,33);2-12H,13H2,1H3. The van der Waals surface area contributed by atoms with E-state index >= 15 is 0 Å². The fourth-order valence-electron chi connectivity index (χ4n) is 5.77. The summed E-state index contributed by atoms with van der Waals surface area (Å²) in [6, 6.07) is 47.8. The number of nitrogens with zero attached hydrogens (tertiary/aromatic N) is 4. The van der Waals surface area contributed by atoms with E-state index in [1.165, 1.54) is 6.20 Å². The topological polar surface area (TPSA) is 142 Å². The zero-order valence-electron chi connectivity index (χ0n) is 33.9. The molecule has 306 valence electrons. The van der Waals surface area contributed by atoms with Gasteiger partial charge in [0.25, 0.3) is 0 Å². The summed E-state index contributed by atoms with van der Waals surface area (Å²) in [5.41, 5.74) is 5.64. The van der Waals surface area contributed by atoms with Crippen molar-refractivity contribution in [3.8, 4) is 34.0 Å². The van der Waals surface area contributed by atoms with Crippen LogP contribution in [0.4, 0.5) is 5.95 Å². The van der Waals surface area contributed by atoms with Gasteiger partial charge in [0.15, 0.2) is 0 Å². The molecule has 12 heteroatoms. The molecule has 2 heterocycles. The van der Waals surface area contributed by atoms with Gasteiger partial charge in [-0.25, -0.2) is 33.1 Å². The van der Waals surface area contributed by atoms with E-state index in [0.29, 0.717) is 31.3 Å². The molecule has 0 amide bonds. The summed E-state index contributed by atoms with van der Waals surface area (Å²) >= 11 is 0. The van der Waals surface area contributed by atoms with E-state index in [0.717, 1.165) is 51.3 Å². The first-order valence-corrected chi connectivity index (χ1v) is 21.2. The van der Waals surface area contributed by atoms with Crippen LogP contribution in [0.5, 0.6) is 11.5 Å². The third-order valence-corrected chi connectivity index (χ3v) is 9.55. The predicted octanol–water partition coefficient (Wildman–Crippen LogP) is 9.21. The van der Waals surface area contributed by atoms with Crippen molar-refractivity contribution in [2.45, 2.75) is 57.2 Å². The van der Waals surface area contributed by atoms with Gasteiger partial charge in [-0.2, -0.15) is 0 Å². The zero-order chi connectivity index (χ0) is 42.4. The van der Waals surface area contributed by atoms with Crippen LogP contribution < -0.4 is 14.8 Å². The Morgan fingerprint density at radius 1 is 0.600 bits per heavy atom. The van der Waals surface area contributed by atoms with Crippen LogP contribution in [0.2, 0.25) is 0 Å². The van der Waals surface area contributed by atoms with Gasteiger partial charge in [-0.3, -0.25) is 0 Å². The maximum atomic E-state index is 13.0. The summed E-state index contributed by atoms with van der Waals surface area (Å²) in [5, 5.41) is 3.01. The number of aromatic nitrogens is 4. The molecule has 0 aliphatic rings. The second-order valence-electron chi connectivity index (χ2n) is 14.8. The van der Waals surface area contributed by atoms with Crippen LogP contribution >= 0.6 is 0 Å². The Morgan fingerprint density at radius 2 is 1.05 bits per heavy atom. The smallest absolute Gasteiger partial charge is 0.329 e. The fourth-order valence-corrected chi connectivity index (χ4v) is 6.28. The number of rotatable bonds is 14. The Hall–Kier alpha value is -6.92. The molecule has 5 aromatic carbocycles. The molecule has 0 saturated heterocycles. The van der Waals surface area contributed by atoms with Crippen LogP contribution in [-0.2, 0) is 39.0 Å². The summed E-state index contributed by atoms with van der Waals surface area (Å²) in [6.07, 6.45) is 4.67. The first kappa shape index (κ1) is 42.7. The molecule has 11 nitrogen and oxygen atoms in total. The molecule has 1 atom stereocenters. The summed E-state index contributed by atoms with van der Waals surface area (Å²) in [4.78, 5) is 29.9. The van der Waals surface area contributed by atoms with Crippen LogP contribution in [0.3, 0.4) is 0 Å². The summed E-state index contributed by atoms with van der Waals surface area (Å²) in [6.45, 7) is 6.57. The Kier molecular flexibility index (Phi) is 14.3. The predicted molar refractivity (Wildman–Crippen MR) is 233 cm³/mol. The second-order valence-corrected chi connectivity index (χ2v) is 16.7. The van der Waals surface area contributed by atoms with Crippen molar-refractivity contribution < 1.29 is 27.4 Å². The summed E-state index contributed by atoms with van der Waals surface area (Å²) in [5.74, 6) is 1.53. The lowest BCUT2D eigenvalue weighted by Gasteiger charge is -2.24. The molecule has 0 saturated carbocycles. The largest absolute Gasteiger partial charge is 0.489 e. The number of sulfone groups is 1. The van der Waals surface area contributed by atoms with E-state index in [1.807, 2.05) is 166 Å². The van der Waals surface area contributed by atoms with Crippen LogP contribution in [0.1, 0.15) is 37.5 Å². The lowest BCUT2D eigenvalue weighted by atomic mass is 10.1. The van der Waals surface area contributed by atoms with Crippen LogP contribution in [0.25, 0.3) is 22.5 Å². The minimum Gasteiger partial charge on any atom is -0.489 e. The number of carbonyl (C=O) groups is 1. The quantitative estimate of drug-likeness (QED) is 0.0829. The second kappa shape index (κ2) is 20.2. The average molecular weight is 822 g/mol. The van der Waals surface area contributed by atoms with Crippen molar-refractivity contribution >= 4 is 21.8 Å². The van der Waals surface area contributed by atoms with Gasteiger partial charge in [0, 0.05) is 36.2 Å². The third-order valence-electron chi connectivity index (χ3n) is 8.69. The Morgan fingerprint density at radius 3 is 1.52 bits per heavy atom. The first-order valence-electron chi connectivity index (χ1n) is 19.3. The van der Waals surface area contributed by atoms with Crippen LogP contribution in [0, 0.1) is 0 Å². The maximum Gasteiger partial charge on any atom is 0.329 e. The number of hydrogen-bond acceptors (Lipinski definition) is 11. The number of hydrogen-bond donors (Lipinski definition) is 1. The van der Waals surface area contributed by atoms with Gasteiger partial charge >= 0.3 is 5.97 Å². The Labute approximate surface area is 351 Å². The molecular formula is C48H47N5O6S. The van der Waals surface area contributed by atoms with E-state index in [1.54, 1.807) is 12.3 Å². The summed E-state index contributed by atoms with van der Waals surface area (Å²) < 4.78 is 40.4. The van der Waals surface area contributed by atoms with E-state index in [-0.39, 0.29) is 11.1 Å². The molecule has 0 aliphatic heterocycles. The molecule has 60 heavy (non-hydrogen) atoms. The Bertz CT molecular complexity index is 2540. The monoisotopic (exact) mass is 821 g/mol. The molecule has 1 unspecified atom stereocenters. The number of ether oxygens (including phenoxy) is 3. The Balaban J connectivity index is 0.000000218. The normalized spacial score (nSPS) is 11.7. The molecule has 0 bridgehead atoms. The van der Waals surface area contributed by atoms with Crippen molar-refractivity contribution in [2.24, 2.45) is 0 Å². The highest BCUT2D eigenvalue weighted by Gasteiger charge is 2.26. The number of nitrogens with one attached hydrogen (secondary N) is 1. The molecule has 2 aromatic heterocycles. The SMILES string of the molecule is CC(C)(C)OC(=O)C(Cc1ccccc1)Nc1nccc(-c2ccc(OCc3ccccc3)cc2)n1.CS(=O)(=O)c1nccc(-c2ccc(OCc3ccccc3)cc2)n1. The molecule has 0 aliphatic carbocycles. The van der Waals surface area contributed by atoms with Crippen LogP contribution in [0.15, 0.2) is 169 Å². The van der Waals surface area contributed by atoms with Crippen molar-refractivity contribution in [3.63, 3.8) is 0 Å². The van der Waals surface area contributed by atoms with E-state index in [4.69, 9.17) is 14.2 Å². The number of benzene rings is 5. The molecular weight excluding hydrogens is 775 g/mol. The number of carbonyl (C=O) groups excluding carboxylic acids is 1. The fraction of sp³-hybridized carbons (Fsp3) is 0.188. The van der Waals surface area contributed by atoms with E-state index in [9.17, 15) is 13.2 Å². The highest BCUT2D eigenvalue weighted by Crippen LogP contribution is 2.24. The highest BCUT2D eigenvalue weighted by molar-refractivity contribution is 7.90. The van der Waals surface area contributed by atoms with Crippen molar-refractivity contribution in [2.75, 3.05) is 11.6 Å². The molecule has 1 N–H and O–H groups in total. The zero-order valence-corrected chi connectivity index (χ0v) is 34.8. The van der Waals surface area contributed by atoms with Crippen molar-refractivity contribution in [3.05, 3.63) is 181 Å². The van der Waals surface area contributed by atoms with Gasteiger partial charge in [-0.15, -0.1) is 0 Å². The van der Waals surface area contributed by atoms with Gasteiger partial charge in [-0.1, -0.05) is 91.0 Å². The first-order chi connectivity index (χ1) is 28.9. The number of anilines is 1. The molecule has 7 rings (SSSR count). The van der Waals surface area contributed by atoms with Crippen molar-refractivity contribution in [1.82, 2.24) is 19.9 Å². The molecule has 7 aromatic rings. The maximum absolute atomic E-state index is 13.0. The minimum absolute atomic E-state index is 0.176. The lowest BCUT2D eigenvalue weighted by molar-refractivity contribution is -0.155. The van der Waals surface area contributed by atoms with Crippen LogP contribution in [-0.4, -0.2) is 52.2 Å². The van der Waals surface area contributed by atoms with Gasteiger partial charge in [0.2, 0.25) is 20.9 Å². The summed E-state index contributed by atoms with van der Waals surface area (Å²) in [7, 11) is -3.43. The minimum atomic E-state index is -3.43. The van der Waals surface area contributed by atoms with E-state index < -0.39 is 21.5 Å².